The molecule has 1 saturated carbocycles. The molecule has 11 nitrogen and oxygen atoms in total. The number of aliphatic hydroxyl groups is 1. The number of hydrogen-bond acceptors (Lipinski definition) is 10. The van der Waals surface area contributed by atoms with Gasteiger partial charge in [-0.25, -0.2) is 4.98 Å². The number of benzene rings is 1. The third kappa shape index (κ3) is 5.30. The number of nitrogens with zero attached hydrogens (tertiary/aromatic N) is 6. The highest BCUT2D eigenvalue weighted by molar-refractivity contribution is 5.95. The molecule has 11 heteroatoms. The number of methoxy groups -OCH3 is 1. The van der Waals surface area contributed by atoms with Crippen LogP contribution in [0.15, 0.2) is 24.4 Å². The molecule has 222 valence electrons. The smallest absolute Gasteiger partial charge is 0.251 e. The minimum atomic E-state index is -0.775. The monoisotopic (exact) mass is 564 g/mol. The number of ether oxygens (including phenoxy) is 1. The standard InChI is InChI=1S/C30H44N8O3/c1-5-37-30(40)36(3)25-18-31-29(34-27(25)38(37)21-9-6-7-10-21)33-24-14-13-19(15-26(24)41-4)28(39)32-20-16-22-11-8-12-23(17-20)35(22)2/h13-15,18,20-23,30,40H,5-12,16-17H2,1-4H3,(H,32,39)(H,31,33,34)/t20?,22-,23?,30?/m0/s1. The first-order valence-corrected chi connectivity index (χ1v) is 15.2. The molecule has 1 aromatic carbocycles. The molecule has 1 aliphatic carbocycles. The Morgan fingerprint density at radius 2 is 1.78 bits per heavy atom. The van der Waals surface area contributed by atoms with Crippen molar-refractivity contribution in [2.45, 2.75) is 95.2 Å². The zero-order valence-electron chi connectivity index (χ0n) is 24.7. The summed E-state index contributed by atoms with van der Waals surface area (Å²) in [6.45, 7) is 2.70. The predicted octanol–water partition coefficient (Wildman–Crippen LogP) is 3.69. The number of aliphatic hydroxyl groups excluding tert-OH is 1. The molecule has 2 bridgehead atoms. The van der Waals surface area contributed by atoms with Crippen LogP contribution in [0.25, 0.3) is 0 Å². The zero-order valence-corrected chi connectivity index (χ0v) is 24.7. The zero-order chi connectivity index (χ0) is 28.7. The number of rotatable bonds is 7. The maximum Gasteiger partial charge on any atom is 0.251 e. The van der Waals surface area contributed by atoms with E-state index in [0.29, 0.717) is 41.6 Å². The van der Waals surface area contributed by atoms with Crippen LogP contribution in [-0.4, -0.2) is 89.2 Å². The van der Waals surface area contributed by atoms with E-state index in [-0.39, 0.29) is 18.0 Å². The second-order valence-corrected chi connectivity index (χ2v) is 12.0. The van der Waals surface area contributed by atoms with Gasteiger partial charge in [0.15, 0.2) is 5.82 Å². The van der Waals surface area contributed by atoms with Crippen LogP contribution in [0.4, 0.5) is 23.1 Å². The van der Waals surface area contributed by atoms with Crippen molar-refractivity contribution in [2.75, 3.05) is 43.0 Å². The summed E-state index contributed by atoms with van der Waals surface area (Å²) in [4.78, 5) is 27.0. The SMILES string of the molecule is CCN1C(O)N(C)c2cnc(Nc3ccc(C(=O)NC4CC5CCC[C@@H](C4)N5C)cc3OC)nc2N1C1CCCC1. The molecule has 1 aromatic heterocycles. The van der Waals surface area contributed by atoms with E-state index in [1.54, 1.807) is 24.3 Å². The van der Waals surface area contributed by atoms with Gasteiger partial charge in [-0.2, -0.15) is 9.99 Å². The number of anilines is 4. The van der Waals surface area contributed by atoms with E-state index in [4.69, 9.17) is 9.72 Å². The second-order valence-electron chi connectivity index (χ2n) is 12.0. The van der Waals surface area contributed by atoms with Crippen molar-refractivity contribution in [1.29, 1.82) is 0 Å². The van der Waals surface area contributed by atoms with Gasteiger partial charge in [0, 0.05) is 43.3 Å². The number of carbonyl (C=O) groups excluding carboxylic acids is 1. The van der Waals surface area contributed by atoms with Crippen molar-refractivity contribution in [3.8, 4) is 5.75 Å². The number of amides is 1. The average Bonchev–Trinajstić information content (AvgIpc) is 3.50. The Bertz CT molecular complexity index is 1240. The summed E-state index contributed by atoms with van der Waals surface area (Å²) in [5, 5.41) is 21.7. The quantitative estimate of drug-likeness (QED) is 0.461. The highest BCUT2D eigenvalue weighted by Gasteiger charge is 2.40. The van der Waals surface area contributed by atoms with Gasteiger partial charge in [0.1, 0.15) is 11.4 Å². The Balaban J connectivity index is 1.20. The molecule has 4 heterocycles. The lowest BCUT2D eigenvalue weighted by molar-refractivity contribution is -0.0137. The Morgan fingerprint density at radius 1 is 1.07 bits per heavy atom. The molecule has 2 saturated heterocycles. The molecule has 41 heavy (non-hydrogen) atoms. The molecular formula is C30H44N8O3. The summed E-state index contributed by atoms with van der Waals surface area (Å²) < 4.78 is 5.69. The first kappa shape index (κ1) is 28.0. The van der Waals surface area contributed by atoms with Gasteiger partial charge < -0.3 is 30.3 Å². The van der Waals surface area contributed by atoms with Crippen LogP contribution in [0.3, 0.4) is 0 Å². The third-order valence-electron chi connectivity index (χ3n) is 9.62. The second kappa shape index (κ2) is 11.6. The van der Waals surface area contributed by atoms with Crippen LogP contribution in [0.1, 0.15) is 75.1 Å². The summed E-state index contributed by atoms with van der Waals surface area (Å²) in [5.41, 5.74) is 2.04. The van der Waals surface area contributed by atoms with Crippen molar-refractivity contribution < 1.29 is 14.6 Å². The summed E-state index contributed by atoms with van der Waals surface area (Å²) in [6, 6.07) is 7.05. The lowest BCUT2D eigenvalue weighted by atomic mass is 9.82. The van der Waals surface area contributed by atoms with E-state index in [1.165, 1.54) is 32.1 Å². The van der Waals surface area contributed by atoms with Crippen molar-refractivity contribution in [2.24, 2.45) is 0 Å². The molecule has 3 aliphatic heterocycles. The number of piperidine rings is 2. The molecular weight excluding hydrogens is 520 g/mol. The maximum absolute atomic E-state index is 13.2. The Labute approximate surface area is 242 Å². The summed E-state index contributed by atoms with van der Waals surface area (Å²) in [7, 11) is 5.69. The van der Waals surface area contributed by atoms with Gasteiger partial charge in [-0.05, 0) is 63.8 Å². The van der Waals surface area contributed by atoms with E-state index < -0.39 is 6.35 Å². The predicted molar refractivity (Wildman–Crippen MR) is 160 cm³/mol. The van der Waals surface area contributed by atoms with E-state index >= 15 is 0 Å². The number of hydrazine groups is 1. The van der Waals surface area contributed by atoms with Crippen molar-refractivity contribution in [3.05, 3.63) is 30.0 Å². The highest BCUT2D eigenvalue weighted by atomic mass is 16.5. The van der Waals surface area contributed by atoms with Crippen LogP contribution in [0.5, 0.6) is 5.75 Å². The molecule has 4 atom stereocenters. The van der Waals surface area contributed by atoms with E-state index in [9.17, 15) is 9.90 Å². The van der Waals surface area contributed by atoms with Crippen molar-refractivity contribution >= 4 is 29.0 Å². The number of fused-ring (bicyclic) bond motifs is 3. The van der Waals surface area contributed by atoms with Crippen LogP contribution in [0, 0.1) is 0 Å². The largest absolute Gasteiger partial charge is 0.495 e. The van der Waals surface area contributed by atoms with Gasteiger partial charge in [0.05, 0.1) is 19.0 Å². The van der Waals surface area contributed by atoms with Gasteiger partial charge in [-0.15, -0.1) is 0 Å². The van der Waals surface area contributed by atoms with Gasteiger partial charge >= 0.3 is 0 Å². The van der Waals surface area contributed by atoms with Gasteiger partial charge in [-0.3, -0.25) is 9.80 Å². The molecule has 6 rings (SSSR count). The molecule has 3 unspecified atom stereocenters. The Hall–Kier alpha value is -3.15. The average molecular weight is 565 g/mol. The fourth-order valence-electron chi connectivity index (χ4n) is 7.31. The van der Waals surface area contributed by atoms with Crippen LogP contribution >= 0.6 is 0 Å². The fourth-order valence-corrected chi connectivity index (χ4v) is 7.31. The Morgan fingerprint density at radius 3 is 2.46 bits per heavy atom. The summed E-state index contributed by atoms with van der Waals surface area (Å²) in [5.74, 6) is 1.69. The number of hydrogen-bond donors (Lipinski definition) is 3. The van der Waals surface area contributed by atoms with E-state index in [0.717, 1.165) is 37.2 Å². The minimum absolute atomic E-state index is 0.0686. The summed E-state index contributed by atoms with van der Waals surface area (Å²) in [6.07, 6.45) is 11.2. The lowest BCUT2D eigenvalue weighted by Gasteiger charge is -2.49. The normalized spacial score (nSPS) is 27.0. The van der Waals surface area contributed by atoms with Gasteiger partial charge in [0.2, 0.25) is 12.3 Å². The topological polar surface area (TPSA) is 109 Å². The first-order chi connectivity index (χ1) is 19.9. The highest BCUT2D eigenvalue weighted by Crippen LogP contribution is 2.40. The number of nitrogens with one attached hydrogen (secondary N) is 2. The molecule has 1 amide bonds. The Kier molecular flexibility index (Phi) is 7.93. The van der Waals surface area contributed by atoms with Gasteiger partial charge in [-0.1, -0.05) is 26.2 Å². The van der Waals surface area contributed by atoms with Crippen LogP contribution < -0.4 is 25.3 Å². The van der Waals surface area contributed by atoms with Crippen molar-refractivity contribution in [3.63, 3.8) is 0 Å². The van der Waals surface area contributed by atoms with Crippen LogP contribution in [0.2, 0.25) is 0 Å². The van der Waals surface area contributed by atoms with Crippen LogP contribution in [-0.2, 0) is 0 Å². The van der Waals surface area contributed by atoms with E-state index in [1.807, 2.05) is 31.1 Å². The van der Waals surface area contributed by atoms with Crippen molar-refractivity contribution in [1.82, 2.24) is 25.2 Å². The molecule has 3 fully saturated rings. The number of carbonyl (C=O) groups is 1. The first-order valence-electron chi connectivity index (χ1n) is 15.2. The fraction of sp³-hybridized carbons (Fsp3) is 0.633. The van der Waals surface area contributed by atoms with Gasteiger partial charge in [0.25, 0.3) is 5.91 Å². The third-order valence-corrected chi connectivity index (χ3v) is 9.62. The maximum atomic E-state index is 13.2. The molecule has 2 aromatic rings. The van der Waals surface area contributed by atoms with E-state index in [2.05, 4.69) is 32.6 Å². The molecule has 4 aliphatic rings. The number of aromatic nitrogens is 2. The molecule has 3 N–H and O–H groups in total. The summed E-state index contributed by atoms with van der Waals surface area (Å²) >= 11 is 0. The molecule has 0 spiro atoms. The lowest BCUT2D eigenvalue weighted by Crippen LogP contribution is -2.62. The molecule has 0 radical (unpaired) electrons. The minimum Gasteiger partial charge on any atom is -0.495 e.